The monoisotopic (exact) mass is 1260 g/mol. The van der Waals surface area contributed by atoms with E-state index in [4.69, 9.17) is 49.7 Å². The summed E-state index contributed by atoms with van der Waals surface area (Å²) in [6.45, 7) is -2.26. The number of sulfonamides is 1. The number of H-pyrrole nitrogens is 2. The molecule has 40 nitrogen and oxygen atoms in total. The van der Waals surface area contributed by atoms with Crippen molar-refractivity contribution in [3.8, 4) is 0 Å². The predicted octanol–water partition coefficient (Wildman–Crippen LogP) is -3.67. The van der Waals surface area contributed by atoms with E-state index in [-0.39, 0.29) is 63.4 Å². The zero-order chi connectivity index (χ0) is 59.6. The van der Waals surface area contributed by atoms with Gasteiger partial charge in [0.05, 0.1) is 51.4 Å². The van der Waals surface area contributed by atoms with Crippen molar-refractivity contribution in [2.24, 2.45) is 13.0 Å². The third kappa shape index (κ3) is 12.6. The van der Waals surface area contributed by atoms with Gasteiger partial charge in [-0.1, -0.05) is 18.3 Å². The fourth-order valence-electron chi connectivity index (χ4n) is 9.46. The number of nitrogens with zero attached hydrogens (tertiary/aromatic N) is 10. The van der Waals surface area contributed by atoms with Gasteiger partial charge in [0.1, 0.15) is 54.1 Å². The predicted molar refractivity (Wildman–Crippen MR) is 272 cm³/mol. The largest absolute Gasteiger partial charge is 0.490 e. The summed E-state index contributed by atoms with van der Waals surface area (Å²) in [6, 6.07) is 0. The highest BCUT2D eigenvalue weighted by molar-refractivity contribution is 7.89. The number of rotatable bonds is 24. The highest BCUT2D eigenvalue weighted by Crippen LogP contribution is 2.68. The number of nitrogen functional groups attached to an aromatic ring is 3. The van der Waals surface area contributed by atoms with Crippen LogP contribution in [0.25, 0.3) is 33.5 Å². The fourth-order valence-corrected chi connectivity index (χ4v) is 16.0. The number of nitrogens with two attached hydrogens (primary N) is 3. The number of aromatic amines is 2. The summed E-state index contributed by atoms with van der Waals surface area (Å²) in [5.74, 6) is -2.42. The lowest BCUT2D eigenvalue weighted by molar-refractivity contribution is -0.745. The van der Waals surface area contributed by atoms with E-state index in [9.17, 15) is 71.2 Å². The van der Waals surface area contributed by atoms with E-state index < -0.39 is 152 Å². The van der Waals surface area contributed by atoms with Gasteiger partial charge in [0.25, 0.3) is 17.1 Å². The Bertz CT molecular complexity index is 3810. The Kier molecular flexibility index (Phi) is 17.5. The molecule has 0 spiro atoms. The second kappa shape index (κ2) is 23.4. The standard InChI is InChI=1S/C37H54N16O24P4S/c1-4-5-6-82(67,68)45-7-15-16(73-33(22(15)54)53-14-50(2)21-30(53)47-37(40)49-32(21)58)8-71-79(61,62)76-81(65,66)77-80(63,64)72-10-18-26(25(69-3)35(75-18)51-12-43-19-27(38)41-11-42-28(19)51)78(59,60)70-9-17-23(55)24(56)34(74-17)52-13-44-20-29(52)46-36(39)48-31(20)57/h11-18,22-26,33-35,45,54-56H,4-10H2,1-3H3,(H11-,38,39,40,41,42,46,47,48,49,57,58,59,60,61,62,63,64,65,66)/p+1/t15-,16-,17-,18-,22-,23-,24-,25-,26-,33-,34-,35-/m1/s1. The number of hydrogen-bond donors (Lipinski definition) is 13. The average Bonchev–Trinajstić information content (AvgIpc) is 4.43. The molecule has 0 saturated carbocycles. The quantitative estimate of drug-likeness (QED) is 0.0205. The summed E-state index contributed by atoms with van der Waals surface area (Å²) in [6.07, 6.45) is -11.4. The Morgan fingerprint density at radius 2 is 1.37 bits per heavy atom. The number of imidazole rings is 3. The van der Waals surface area contributed by atoms with Crippen LogP contribution in [0, 0.1) is 5.92 Å². The van der Waals surface area contributed by atoms with Crippen LogP contribution >= 0.6 is 31.1 Å². The lowest BCUT2D eigenvalue weighted by Crippen LogP contribution is -2.46. The Labute approximate surface area is 458 Å². The van der Waals surface area contributed by atoms with E-state index in [1.54, 1.807) is 6.92 Å². The van der Waals surface area contributed by atoms with Crippen molar-refractivity contribution < 1.29 is 107 Å². The molecule has 16 atom stereocenters. The minimum absolute atomic E-state index is 0.0195. The minimum atomic E-state index is -6.29. The number of aliphatic hydroxyl groups excluding tert-OH is 3. The van der Waals surface area contributed by atoms with Gasteiger partial charge >= 0.3 is 36.7 Å². The van der Waals surface area contributed by atoms with Crippen LogP contribution in [-0.2, 0) is 76.5 Å². The number of aryl methyl sites for hydroxylation is 1. The highest BCUT2D eigenvalue weighted by Gasteiger charge is 2.58. The Morgan fingerprint density at radius 1 is 0.756 bits per heavy atom. The minimum Gasteiger partial charge on any atom is -0.387 e. The number of ether oxygens (including phenoxy) is 4. The Balaban J connectivity index is 0.897. The normalized spacial score (nSPS) is 29.1. The topological polar surface area (TPSA) is 579 Å². The van der Waals surface area contributed by atoms with Crippen LogP contribution in [0.2, 0.25) is 0 Å². The maximum absolute atomic E-state index is 14.5. The number of anilines is 3. The smallest absolute Gasteiger partial charge is 0.387 e. The van der Waals surface area contributed by atoms with Crippen LogP contribution in [-0.4, -0.2) is 184 Å². The summed E-state index contributed by atoms with van der Waals surface area (Å²) >= 11 is 0. The molecule has 3 saturated heterocycles. The first-order valence-electron chi connectivity index (χ1n) is 24.0. The van der Waals surface area contributed by atoms with E-state index in [1.165, 1.54) is 27.1 Å². The first-order valence-corrected chi connectivity index (χ1v) is 31.8. The second-order valence-electron chi connectivity index (χ2n) is 18.7. The maximum Gasteiger partial charge on any atom is 0.490 e. The van der Waals surface area contributed by atoms with Gasteiger partial charge in [-0.05, 0) is 6.42 Å². The van der Waals surface area contributed by atoms with Gasteiger partial charge in [-0.3, -0.25) is 46.9 Å². The first kappa shape index (κ1) is 61.4. The Morgan fingerprint density at radius 3 is 2.04 bits per heavy atom. The SMILES string of the molecule is CCCCS(=O)(=O)NC[C@H]1[C@@H](O)[C@H]([n+]2cn(C)c3c(=O)[nH]c(N)nc32)O[C@@H]1COP(=O)(O)OP(=O)(O)OP(=O)(O)OC[C@H]1O[C@@H](n2cnc3c(N)ncnc32)[C@H](OC)[C@@H]1P(=O)(O)OC[C@H]1O[C@@H](n2cnc3c(=O)[nH]c(N)nc32)[C@H](O)[C@@H]1O. The van der Waals surface area contributed by atoms with Gasteiger partial charge in [0, 0.05) is 19.6 Å². The molecule has 45 heteroatoms. The molecule has 9 rings (SSSR count). The van der Waals surface area contributed by atoms with Crippen molar-refractivity contribution >= 4 is 92.3 Å². The number of phosphoric ester groups is 2. The third-order valence-corrected chi connectivity index (χ3v) is 20.8. The lowest BCUT2D eigenvalue weighted by atomic mass is 9.98. The van der Waals surface area contributed by atoms with Crippen molar-refractivity contribution in [1.82, 2.24) is 58.3 Å². The summed E-state index contributed by atoms with van der Waals surface area (Å²) < 4.78 is 134. The highest BCUT2D eigenvalue weighted by atomic mass is 32.2. The molecule has 82 heavy (non-hydrogen) atoms. The number of phosphoric acid groups is 3. The molecule has 16 N–H and O–H groups in total. The molecule has 6 aromatic heterocycles. The van der Waals surface area contributed by atoms with Crippen LogP contribution in [0.1, 0.15) is 38.4 Å². The van der Waals surface area contributed by atoms with Crippen LogP contribution < -0.4 is 37.6 Å². The number of aromatic nitrogens is 12. The zero-order valence-electron chi connectivity index (χ0n) is 42.7. The molecule has 0 radical (unpaired) electrons. The summed E-state index contributed by atoms with van der Waals surface area (Å²) in [5, 5.41) is 33.6. The maximum atomic E-state index is 14.5. The molecule has 452 valence electrons. The molecule has 3 aliphatic heterocycles. The van der Waals surface area contributed by atoms with E-state index in [0.717, 1.165) is 30.7 Å². The molecule has 3 aliphatic rings. The zero-order valence-corrected chi connectivity index (χ0v) is 47.1. The molecule has 0 aliphatic carbocycles. The molecule has 0 bridgehead atoms. The van der Waals surface area contributed by atoms with Crippen molar-refractivity contribution in [1.29, 1.82) is 0 Å². The number of nitrogens with one attached hydrogen (secondary N) is 3. The molecule has 3 fully saturated rings. The van der Waals surface area contributed by atoms with Crippen molar-refractivity contribution in [2.45, 2.75) is 86.8 Å². The number of fused-ring (bicyclic) bond motifs is 3. The molecular formula is C37H55N16O24P4S+. The number of methoxy groups -OCH3 is 1. The third-order valence-electron chi connectivity index (χ3n) is 13.2. The number of hydrogen-bond acceptors (Lipinski definition) is 29. The molecule has 6 aromatic rings. The van der Waals surface area contributed by atoms with Gasteiger partial charge < -0.3 is 75.6 Å². The number of unbranched alkanes of at least 4 members (excludes halogenated alkanes) is 1. The van der Waals surface area contributed by atoms with E-state index >= 15 is 0 Å². The van der Waals surface area contributed by atoms with Gasteiger partial charge in [-0.25, -0.2) is 51.3 Å². The summed E-state index contributed by atoms with van der Waals surface area (Å²) in [4.78, 5) is 97.6. The average molecular weight is 1260 g/mol. The van der Waals surface area contributed by atoms with Crippen molar-refractivity contribution in [3.05, 3.63) is 46.0 Å². The van der Waals surface area contributed by atoms with Gasteiger partial charge in [0.15, 0.2) is 41.4 Å². The van der Waals surface area contributed by atoms with Gasteiger partial charge in [-0.2, -0.15) is 13.6 Å². The molecule has 4 unspecified atom stereocenters. The fraction of sp³-hybridized carbons (Fsp3) is 0.595. The van der Waals surface area contributed by atoms with Crippen LogP contribution in [0.15, 0.2) is 34.9 Å². The van der Waals surface area contributed by atoms with Crippen molar-refractivity contribution in [2.75, 3.05) is 56.4 Å². The van der Waals surface area contributed by atoms with E-state index in [0.29, 0.717) is 6.42 Å². The molecule has 0 amide bonds. The second-order valence-corrected chi connectivity index (χ2v) is 27.2. The van der Waals surface area contributed by atoms with Gasteiger partial charge in [-0.15, -0.1) is 0 Å². The summed E-state index contributed by atoms with van der Waals surface area (Å²) in [5.41, 5.74) is 13.5. The first-order chi connectivity index (χ1) is 38.4. The van der Waals surface area contributed by atoms with Crippen molar-refractivity contribution in [3.63, 3.8) is 0 Å². The van der Waals surface area contributed by atoms with Crippen LogP contribution in [0.5, 0.6) is 0 Å². The molecular weight excluding hydrogens is 1210 g/mol. The lowest BCUT2D eigenvalue weighted by Gasteiger charge is -2.28. The van der Waals surface area contributed by atoms with E-state index in [1.807, 2.05) is 0 Å². The molecule has 9 heterocycles. The molecule has 0 aromatic carbocycles. The summed E-state index contributed by atoms with van der Waals surface area (Å²) in [7, 11) is -25.1. The van der Waals surface area contributed by atoms with Crippen LogP contribution in [0.4, 0.5) is 17.7 Å². The van der Waals surface area contributed by atoms with Crippen LogP contribution in [0.3, 0.4) is 0 Å². The number of aliphatic hydroxyl groups is 3. The van der Waals surface area contributed by atoms with Gasteiger partial charge in [0.2, 0.25) is 27.7 Å². The van der Waals surface area contributed by atoms with E-state index in [2.05, 4.69) is 53.2 Å². The Hall–Kier alpha value is -5.16.